The number of carbonyl (C=O) groups excluding carboxylic acids is 2. The maximum Gasteiger partial charge on any atom is 0.251 e. The molecular weight excluding hydrogens is 264 g/mol. The zero-order chi connectivity index (χ0) is 15.9. The lowest BCUT2D eigenvalue weighted by atomic mass is 10.1. The van der Waals surface area contributed by atoms with E-state index in [4.69, 9.17) is 0 Å². The number of hydrogen-bond acceptors (Lipinski definition) is 2. The molecular formula is C17H26N2O2. The molecule has 4 heteroatoms. The summed E-state index contributed by atoms with van der Waals surface area (Å²) < 4.78 is 0. The quantitative estimate of drug-likeness (QED) is 0.791. The topological polar surface area (TPSA) is 58.2 Å². The Morgan fingerprint density at radius 1 is 1.05 bits per heavy atom. The first-order chi connectivity index (χ1) is 9.83. The molecule has 0 spiro atoms. The predicted octanol–water partition coefficient (Wildman–Crippen LogP) is 3.13. The smallest absolute Gasteiger partial charge is 0.251 e. The second kappa shape index (κ2) is 7.81. The number of unbranched alkanes of at least 4 members (excludes halogenated alkanes) is 2. The number of carbonyl (C=O) groups is 2. The standard InChI is InChI=1S/C17H26N2O2/c1-5-6-7-11-18-15(20)13-9-8-10-14(12-13)16(21)19-17(2,3)4/h8-10,12H,5-7,11H2,1-4H3,(H,18,20)(H,19,21). The number of rotatable bonds is 6. The molecule has 1 aromatic carbocycles. The van der Waals surface area contributed by atoms with Crippen molar-refractivity contribution in [3.8, 4) is 0 Å². The maximum atomic E-state index is 12.1. The molecule has 0 fully saturated rings. The van der Waals surface area contributed by atoms with Gasteiger partial charge in [-0.3, -0.25) is 9.59 Å². The van der Waals surface area contributed by atoms with Gasteiger partial charge in [0, 0.05) is 23.2 Å². The third-order valence-electron chi connectivity index (χ3n) is 2.94. The molecule has 0 saturated carbocycles. The van der Waals surface area contributed by atoms with Crippen LogP contribution in [0.25, 0.3) is 0 Å². The first kappa shape index (κ1) is 17.2. The van der Waals surface area contributed by atoms with Gasteiger partial charge in [-0.25, -0.2) is 0 Å². The van der Waals surface area contributed by atoms with Crippen LogP contribution in [0.4, 0.5) is 0 Å². The van der Waals surface area contributed by atoms with Gasteiger partial charge in [0.1, 0.15) is 0 Å². The number of hydrogen-bond donors (Lipinski definition) is 2. The van der Waals surface area contributed by atoms with Crippen LogP contribution < -0.4 is 10.6 Å². The Bertz CT molecular complexity index is 490. The van der Waals surface area contributed by atoms with Crippen LogP contribution >= 0.6 is 0 Å². The molecule has 0 heterocycles. The fourth-order valence-electron chi connectivity index (χ4n) is 1.89. The third kappa shape index (κ3) is 6.43. The molecule has 4 nitrogen and oxygen atoms in total. The van der Waals surface area contributed by atoms with Gasteiger partial charge >= 0.3 is 0 Å². The van der Waals surface area contributed by atoms with Gasteiger partial charge in [0.05, 0.1) is 0 Å². The number of nitrogens with one attached hydrogen (secondary N) is 2. The highest BCUT2D eigenvalue weighted by atomic mass is 16.2. The van der Waals surface area contributed by atoms with Crippen molar-refractivity contribution in [1.82, 2.24) is 10.6 Å². The summed E-state index contributed by atoms with van der Waals surface area (Å²) in [6.45, 7) is 8.57. The number of amides is 2. The minimum atomic E-state index is -0.296. The van der Waals surface area contributed by atoms with Crippen LogP contribution in [-0.2, 0) is 0 Å². The van der Waals surface area contributed by atoms with Crippen molar-refractivity contribution in [3.05, 3.63) is 35.4 Å². The van der Waals surface area contributed by atoms with E-state index < -0.39 is 0 Å². The molecule has 0 aliphatic rings. The molecule has 2 N–H and O–H groups in total. The molecule has 0 saturated heterocycles. The zero-order valence-electron chi connectivity index (χ0n) is 13.5. The summed E-state index contributed by atoms with van der Waals surface area (Å²) in [5, 5.41) is 5.77. The van der Waals surface area contributed by atoms with E-state index >= 15 is 0 Å². The van der Waals surface area contributed by atoms with Gasteiger partial charge in [0.15, 0.2) is 0 Å². The molecule has 0 aliphatic carbocycles. The Kier molecular flexibility index (Phi) is 6.40. The Balaban J connectivity index is 2.67. The van der Waals surface area contributed by atoms with Crippen LogP contribution in [0.3, 0.4) is 0 Å². The Morgan fingerprint density at radius 3 is 2.24 bits per heavy atom. The molecule has 21 heavy (non-hydrogen) atoms. The highest BCUT2D eigenvalue weighted by Gasteiger charge is 2.16. The van der Waals surface area contributed by atoms with Gasteiger partial charge < -0.3 is 10.6 Å². The van der Waals surface area contributed by atoms with Gasteiger partial charge in [0.2, 0.25) is 0 Å². The Morgan fingerprint density at radius 2 is 1.67 bits per heavy atom. The summed E-state index contributed by atoms with van der Waals surface area (Å²) >= 11 is 0. The highest BCUT2D eigenvalue weighted by Crippen LogP contribution is 2.08. The van der Waals surface area contributed by atoms with E-state index in [0.717, 1.165) is 19.3 Å². The molecule has 0 atom stereocenters. The lowest BCUT2D eigenvalue weighted by molar-refractivity contribution is 0.0919. The Labute approximate surface area is 127 Å². The van der Waals surface area contributed by atoms with E-state index in [0.29, 0.717) is 17.7 Å². The van der Waals surface area contributed by atoms with Crippen molar-refractivity contribution in [1.29, 1.82) is 0 Å². The third-order valence-corrected chi connectivity index (χ3v) is 2.94. The van der Waals surface area contributed by atoms with Crippen molar-refractivity contribution in [2.24, 2.45) is 0 Å². The zero-order valence-corrected chi connectivity index (χ0v) is 13.5. The van der Waals surface area contributed by atoms with E-state index in [1.165, 1.54) is 0 Å². The van der Waals surface area contributed by atoms with E-state index in [9.17, 15) is 9.59 Å². The predicted molar refractivity (Wildman–Crippen MR) is 85.5 cm³/mol. The fourth-order valence-corrected chi connectivity index (χ4v) is 1.89. The first-order valence-corrected chi connectivity index (χ1v) is 7.54. The normalized spacial score (nSPS) is 11.0. The van der Waals surface area contributed by atoms with Crippen molar-refractivity contribution >= 4 is 11.8 Å². The first-order valence-electron chi connectivity index (χ1n) is 7.54. The molecule has 116 valence electrons. The lowest BCUT2D eigenvalue weighted by Gasteiger charge is -2.20. The highest BCUT2D eigenvalue weighted by molar-refractivity contribution is 5.99. The second-order valence-corrected chi connectivity index (χ2v) is 6.25. The van der Waals surface area contributed by atoms with Crippen molar-refractivity contribution in [3.63, 3.8) is 0 Å². The summed E-state index contributed by atoms with van der Waals surface area (Å²) in [7, 11) is 0. The SMILES string of the molecule is CCCCCNC(=O)c1cccc(C(=O)NC(C)(C)C)c1. The van der Waals surface area contributed by atoms with Crippen LogP contribution in [0.1, 0.15) is 67.7 Å². The average Bonchev–Trinajstić information content (AvgIpc) is 2.41. The summed E-state index contributed by atoms with van der Waals surface area (Å²) in [5.74, 6) is -0.292. The molecule has 0 bridgehead atoms. The van der Waals surface area contributed by atoms with Crippen LogP contribution in [-0.4, -0.2) is 23.9 Å². The van der Waals surface area contributed by atoms with Gasteiger partial charge in [-0.2, -0.15) is 0 Å². The monoisotopic (exact) mass is 290 g/mol. The molecule has 0 unspecified atom stereocenters. The largest absolute Gasteiger partial charge is 0.352 e. The molecule has 1 aromatic rings. The van der Waals surface area contributed by atoms with Crippen LogP contribution in [0.5, 0.6) is 0 Å². The average molecular weight is 290 g/mol. The van der Waals surface area contributed by atoms with Gasteiger partial charge in [-0.1, -0.05) is 25.8 Å². The molecule has 1 rings (SSSR count). The maximum absolute atomic E-state index is 12.1. The van der Waals surface area contributed by atoms with Gasteiger partial charge in [-0.05, 0) is 45.4 Å². The van der Waals surface area contributed by atoms with Crippen molar-refractivity contribution in [2.75, 3.05) is 6.54 Å². The Hall–Kier alpha value is -1.84. The lowest BCUT2D eigenvalue weighted by Crippen LogP contribution is -2.40. The molecule has 0 radical (unpaired) electrons. The van der Waals surface area contributed by atoms with Crippen LogP contribution in [0, 0.1) is 0 Å². The van der Waals surface area contributed by atoms with Crippen molar-refractivity contribution < 1.29 is 9.59 Å². The van der Waals surface area contributed by atoms with Gasteiger partial charge in [-0.15, -0.1) is 0 Å². The van der Waals surface area contributed by atoms with Crippen LogP contribution in [0.2, 0.25) is 0 Å². The van der Waals surface area contributed by atoms with E-state index in [2.05, 4.69) is 17.6 Å². The summed E-state index contributed by atoms with van der Waals surface area (Å²) in [4.78, 5) is 24.1. The summed E-state index contributed by atoms with van der Waals surface area (Å²) in [6.07, 6.45) is 3.21. The van der Waals surface area contributed by atoms with E-state index in [-0.39, 0.29) is 17.4 Å². The van der Waals surface area contributed by atoms with Crippen molar-refractivity contribution in [2.45, 2.75) is 52.5 Å². The minimum absolute atomic E-state index is 0.128. The summed E-state index contributed by atoms with van der Waals surface area (Å²) in [5.41, 5.74) is 0.731. The summed E-state index contributed by atoms with van der Waals surface area (Å²) in [6, 6.07) is 6.81. The van der Waals surface area contributed by atoms with E-state index in [1.807, 2.05) is 20.8 Å². The molecule has 0 aliphatic heterocycles. The number of benzene rings is 1. The van der Waals surface area contributed by atoms with Gasteiger partial charge in [0.25, 0.3) is 11.8 Å². The molecule has 2 amide bonds. The van der Waals surface area contributed by atoms with Crippen LogP contribution in [0.15, 0.2) is 24.3 Å². The molecule has 0 aromatic heterocycles. The second-order valence-electron chi connectivity index (χ2n) is 6.25. The fraction of sp³-hybridized carbons (Fsp3) is 0.529. The van der Waals surface area contributed by atoms with E-state index in [1.54, 1.807) is 24.3 Å². The minimum Gasteiger partial charge on any atom is -0.352 e.